The molecule has 0 atom stereocenters. The number of nitrogens with zero attached hydrogens (tertiary/aromatic N) is 2. The number of aromatic nitrogens is 2. The lowest BCUT2D eigenvalue weighted by Gasteiger charge is -2.09. The van der Waals surface area contributed by atoms with Crippen LogP contribution in [0.5, 0.6) is 11.8 Å². The fourth-order valence-electron chi connectivity index (χ4n) is 2.80. The highest BCUT2D eigenvalue weighted by Crippen LogP contribution is 2.29. The normalized spacial score (nSPS) is 11.3. The standard InChI is InChI=1S/C22H16ClF3N2O3/c1-13-8-14(2-7-20(13)31-21-27-11-17(23)12-28-21)9-18(29)10-19(30)15-3-5-16(6-4-15)22(24,25)26/h2-8,11-12H,9-10H2,1H3. The Hall–Kier alpha value is -3.26. The number of hydrogen-bond donors (Lipinski definition) is 0. The molecule has 9 heteroatoms. The molecule has 5 nitrogen and oxygen atoms in total. The summed E-state index contributed by atoms with van der Waals surface area (Å²) < 4.78 is 43.4. The van der Waals surface area contributed by atoms with E-state index in [4.69, 9.17) is 16.3 Å². The third-order valence-corrected chi connectivity index (χ3v) is 4.53. The van der Waals surface area contributed by atoms with E-state index < -0.39 is 23.9 Å². The van der Waals surface area contributed by atoms with Crippen molar-refractivity contribution in [2.45, 2.75) is 25.9 Å². The van der Waals surface area contributed by atoms with Crippen molar-refractivity contribution in [3.05, 3.63) is 82.1 Å². The summed E-state index contributed by atoms with van der Waals surface area (Å²) in [5.41, 5.74) is 0.617. The largest absolute Gasteiger partial charge is 0.424 e. The zero-order chi connectivity index (χ0) is 22.6. The Labute approximate surface area is 180 Å². The van der Waals surface area contributed by atoms with Gasteiger partial charge in [0, 0.05) is 12.0 Å². The minimum Gasteiger partial charge on any atom is -0.424 e. The number of carbonyl (C=O) groups excluding carboxylic acids is 2. The van der Waals surface area contributed by atoms with E-state index in [2.05, 4.69) is 9.97 Å². The first kappa shape index (κ1) is 22.4. The maximum Gasteiger partial charge on any atom is 0.416 e. The molecule has 2 aromatic carbocycles. The molecule has 0 bridgehead atoms. The van der Waals surface area contributed by atoms with Crippen molar-refractivity contribution in [2.75, 3.05) is 0 Å². The van der Waals surface area contributed by atoms with Gasteiger partial charge in [0.15, 0.2) is 5.78 Å². The van der Waals surface area contributed by atoms with Crippen LogP contribution in [-0.2, 0) is 17.4 Å². The van der Waals surface area contributed by atoms with Crippen LogP contribution in [0, 0.1) is 6.92 Å². The van der Waals surface area contributed by atoms with Crippen molar-refractivity contribution >= 4 is 23.2 Å². The monoisotopic (exact) mass is 448 g/mol. The summed E-state index contributed by atoms with van der Waals surface area (Å²) in [4.78, 5) is 32.4. The highest BCUT2D eigenvalue weighted by molar-refractivity contribution is 6.30. The topological polar surface area (TPSA) is 69.2 Å². The molecule has 3 aromatic rings. The predicted molar refractivity (Wildman–Crippen MR) is 107 cm³/mol. The van der Waals surface area contributed by atoms with Gasteiger partial charge in [-0.2, -0.15) is 13.2 Å². The van der Waals surface area contributed by atoms with E-state index >= 15 is 0 Å². The van der Waals surface area contributed by atoms with E-state index in [1.54, 1.807) is 25.1 Å². The fourth-order valence-corrected chi connectivity index (χ4v) is 2.90. The van der Waals surface area contributed by atoms with Gasteiger partial charge in [-0.1, -0.05) is 35.9 Å². The zero-order valence-electron chi connectivity index (χ0n) is 16.2. The number of aryl methyl sites for hydroxylation is 1. The molecule has 0 saturated carbocycles. The van der Waals surface area contributed by atoms with Crippen LogP contribution < -0.4 is 4.74 Å². The Bertz CT molecular complexity index is 1100. The van der Waals surface area contributed by atoms with Crippen LogP contribution >= 0.6 is 11.6 Å². The van der Waals surface area contributed by atoms with Crippen molar-refractivity contribution in [3.8, 4) is 11.8 Å². The van der Waals surface area contributed by atoms with Gasteiger partial charge in [0.05, 0.1) is 29.4 Å². The molecule has 0 amide bonds. The molecule has 1 aromatic heterocycles. The number of ketones is 2. The highest BCUT2D eigenvalue weighted by Gasteiger charge is 2.30. The van der Waals surface area contributed by atoms with Gasteiger partial charge in [-0.25, -0.2) is 9.97 Å². The first-order chi connectivity index (χ1) is 14.6. The van der Waals surface area contributed by atoms with Crippen molar-refractivity contribution < 1.29 is 27.5 Å². The van der Waals surface area contributed by atoms with Crippen molar-refractivity contribution in [2.24, 2.45) is 0 Å². The number of carbonyl (C=O) groups is 2. The Morgan fingerprint density at radius 3 is 2.26 bits per heavy atom. The van der Waals surface area contributed by atoms with E-state index in [1.165, 1.54) is 12.4 Å². The number of rotatable bonds is 7. The van der Waals surface area contributed by atoms with Gasteiger partial charge in [-0.15, -0.1) is 0 Å². The average molecular weight is 449 g/mol. The molecule has 0 fully saturated rings. The molecule has 0 aliphatic heterocycles. The second-order valence-electron chi connectivity index (χ2n) is 6.78. The summed E-state index contributed by atoms with van der Waals surface area (Å²) in [6.07, 6.45) is -2.07. The molecule has 0 saturated heterocycles. The zero-order valence-corrected chi connectivity index (χ0v) is 17.0. The molecule has 0 unspecified atom stereocenters. The molecule has 0 aliphatic carbocycles. The molecule has 0 spiro atoms. The van der Waals surface area contributed by atoms with Gasteiger partial charge in [-0.05, 0) is 36.2 Å². The van der Waals surface area contributed by atoms with Crippen molar-refractivity contribution in [3.63, 3.8) is 0 Å². The predicted octanol–water partition coefficient (Wildman–Crippen LogP) is 5.63. The summed E-state index contributed by atoms with van der Waals surface area (Å²) in [5.74, 6) is -0.381. The van der Waals surface area contributed by atoms with E-state index in [9.17, 15) is 22.8 Å². The van der Waals surface area contributed by atoms with Gasteiger partial charge in [0.2, 0.25) is 0 Å². The van der Waals surface area contributed by atoms with Crippen LogP contribution in [0.3, 0.4) is 0 Å². The maximum absolute atomic E-state index is 12.6. The second kappa shape index (κ2) is 9.26. The Morgan fingerprint density at radius 1 is 1.03 bits per heavy atom. The molecule has 0 N–H and O–H groups in total. The minimum absolute atomic E-state index is 0.00490. The Morgan fingerprint density at radius 2 is 1.68 bits per heavy atom. The van der Waals surface area contributed by atoms with Crippen LogP contribution in [0.1, 0.15) is 33.5 Å². The molecular weight excluding hydrogens is 433 g/mol. The van der Waals surface area contributed by atoms with E-state index in [0.29, 0.717) is 16.3 Å². The van der Waals surface area contributed by atoms with Crippen molar-refractivity contribution in [1.82, 2.24) is 9.97 Å². The summed E-state index contributed by atoms with van der Waals surface area (Å²) >= 11 is 5.73. The second-order valence-corrected chi connectivity index (χ2v) is 7.21. The number of benzene rings is 2. The SMILES string of the molecule is Cc1cc(CC(=O)CC(=O)c2ccc(C(F)(F)F)cc2)ccc1Oc1ncc(Cl)cn1. The van der Waals surface area contributed by atoms with Crippen molar-refractivity contribution in [1.29, 1.82) is 0 Å². The van der Waals surface area contributed by atoms with Gasteiger partial charge >= 0.3 is 12.2 Å². The van der Waals surface area contributed by atoms with Crippen LogP contribution in [0.4, 0.5) is 13.2 Å². The van der Waals surface area contributed by atoms with Crippen LogP contribution in [0.2, 0.25) is 5.02 Å². The Kier molecular flexibility index (Phi) is 6.70. The molecule has 0 radical (unpaired) electrons. The minimum atomic E-state index is -4.48. The van der Waals surface area contributed by atoms with E-state index in [0.717, 1.165) is 29.8 Å². The van der Waals surface area contributed by atoms with Gasteiger partial charge in [0.1, 0.15) is 11.5 Å². The molecule has 160 valence electrons. The van der Waals surface area contributed by atoms with Crippen LogP contribution in [0.15, 0.2) is 54.9 Å². The molecule has 1 heterocycles. The van der Waals surface area contributed by atoms with Crippen LogP contribution in [-0.4, -0.2) is 21.5 Å². The summed E-state index contributed by atoms with van der Waals surface area (Å²) in [6.45, 7) is 1.78. The number of Topliss-reactive ketones (excluding diaryl/α,β-unsaturated/α-hetero) is 2. The fraction of sp³-hybridized carbons (Fsp3) is 0.182. The number of alkyl halides is 3. The lowest BCUT2D eigenvalue weighted by molar-refractivity contribution is -0.137. The van der Waals surface area contributed by atoms with E-state index in [1.807, 2.05) is 0 Å². The number of hydrogen-bond acceptors (Lipinski definition) is 5. The van der Waals surface area contributed by atoms with Crippen LogP contribution in [0.25, 0.3) is 0 Å². The third kappa shape index (κ3) is 6.11. The molecular formula is C22H16ClF3N2O3. The summed E-state index contributed by atoms with van der Waals surface area (Å²) in [5, 5.41) is 0.378. The lowest BCUT2D eigenvalue weighted by Crippen LogP contribution is -2.11. The highest BCUT2D eigenvalue weighted by atomic mass is 35.5. The Balaban J connectivity index is 1.60. The first-order valence-corrected chi connectivity index (χ1v) is 9.46. The average Bonchev–Trinajstić information content (AvgIpc) is 2.71. The smallest absolute Gasteiger partial charge is 0.416 e. The van der Waals surface area contributed by atoms with E-state index in [-0.39, 0.29) is 23.8 Å². The van der Waals surface area contributed by atoms with Gasteiger partial charge in [0.25, 0.3) is 0 Å². The van der Waals surface area contributed by atoms with Gasteiger partial charge < -0.3 is 4.74 Å². The molecule has 31 heavy (non-hydrogen) atoms. The quantitative estimate of drug-likeness (QED) is 0.346. The summed E-state index contributed by atoms with van der Waals surface area (Å²) in [7, 11) is 0. The lowest BCUT2D eigenvalue weighted by atomic mass is 9.99. The first-order valence-electron chi connectivity index (χ1n) is 9.09. The molecule has 3 rings (SSSR count). The number of ether oxygens (including phenoxy) is 1. The third-order valence-electron chi connectivity index (χ3n) is 4.33. The summed E-state index contributed by atoms with van der Waals surface area (Å²) in [6, 6.07) is 9.01. The number of halogens is 4. The maximum atomic E-state index is 12.6. The molecule has 0 aliphatic rings. The van der Waals surface area contributed by atoms with Gasteiger partial charge in [-0.3, -0.25) is 9.59 Å².